The minimum Gasteiger partial charge on any atom is -0.458 e. The van der Waals surface area contributed by atoms with Crippen molar-refractivity contribution < 1.29 is 9.53 Å². The number of rotatable bonds is 5. The highest BCUT2D eigenvalue weighted by Gasteiger charge is 2.26. The van der Waals surface area contributed by atoms with Gasteiger partial charge in [0.2, 0.25) is 5.95 Å². The van der Waals surface area contributed by atoms with Gasteiger partial charge in [0.25, 0.3) is 0 Å². The van der Waals surface area contributed by atoms with Gasteiger partial charge >= 0.3 is 5.97 Å². The third kappa shape index (κ3) is 5.16. The summed E-state index contributed by atoms with van der Waals surface area (Å²) in [5.41, 5.74) is 0.507. The number of carbonyl (C=O) groups excluding carboxylic acids is 1. The lowest BCUT2D eigenvalue weighted by atomic mass is 10.1. The van der Waals surface area contributed by atoms with Crippen LogP contribution in [0.4, 0.5) is 5.95 Å². The third-order valence-corrected chi connectivity index (χ3v) is 2.84. The number of hydrogen-bond acceptors (Lipinski definition) is 5. The van der Waals surface area contributed by atoms with Crippen molar-refractivity contribution in [1.29, 1.82) is 0 Å². The van der Waals surface area contributed by atoms with E-state index in [4.69, 9.17) is 4.74 Å². The van der Waals surface area contributed by atoms with E-state index in [1.807, 2.05) is 51.1 Å². The second-order valence-corrected chi connectivity index (χ2v) is 5.99. The fraction of sp³-hybridized carbons (Fsp3) is 0.353. The summed E-state index contributed by atoms with van der Waals surface area (Å²) in [4.78, 5) is 20.6. The molecule has 1 N–H and O–H groups in total. The van der Waals surface area contributed by atoms with Crippen LogP contribution in [0.1, 0.15) is 26.3 Å². The highest BCUT2D eigenvalue weighted by molar-refractivity contribution is 5.79. The average molecular weight is 299 g/mol. The standard InChI is InChI=1S/C17H21N3O2/c1-17(2,3)22-15(21)14(12-13-8-5-4-6-9-13)20-16-18-10-7-11-19-16/h4-11,14H,12H2,1-3H3,(H,18,19,20)/t14-/m0/s1. The Morgan fingerprint density at radius 3 is 2.36 bits per heavy atom. The summed E-state index contributed by atoms with van der Waals surface area (Å²) in [5.74, 6) is 0.0955. The zero-order valence-electron chi connectivity index (χ0n) is 13.1. The predicted octanol–water partition coefficient (Wildman–Crippen LogP) is 2.84. The van der Waals surface area contributed by atoms with E-state index in [1.165, 1.54) is 0 Å². The lowest BCUT2D eigenvalue weighted by Gasteiger charge is -2.24. The van der Waals surface area contributed by atoms with Crippen molar-refractivity contribution in [2.75, 3.05) is 5.32 Å². The molecule has 1 atom stereocenters. The van der Waals surface area contributed by atoms with E-state index in [9.17, 15) is 4.79 Å². The first kappa shape index (κ1) is 15.9. The van der Waals surface area contributed by atoms with Crippen molar-refractivity contribution >= 4 is 11.9 Å². The predicted molar refractivity (Wildman–Crippen MR) is 85.4 cm³/mol. The van der Waals surface area contributed by atoms with E-state index in [0.29, 0.717) is 12.4 Å². The van der Waals surface area contributed by atoms with Gasteiger partial charge in [0.15, 0.2) is 0 Å². The summed E-state index contributed by atoms with van der Waals surface area (Å²) >= 11 is 0. The van der Waals surface area contributed by atoms with Gasteiger partial charge in [-0.2, -0.15) is 0 Å². The highest BCUT2D eigenvalue weighted by atomic mass is 16.6. The van der Waals surface area contributed by atoms with Crippen LogP contribution in [0.25, 0.3) is 0 Å². The Kier molecular flexibility index (Phi) is 5.09. The molecule has 5 heteroatoms. The fourth-order valence-electron chi connectivity index (χ4n) is 1.95. The molecule has 0 aliphatic carbocycles. The number of nitrogens with one attached hydrogen (secondary N) is 1. The number of nitrogens with zero attached hydrogens (tertiary/aromatic N) is 2. The molecular weight excluding hydrogens is 278 g/mol. The Bertz CT molecular complexity index is 553. The first-order valence-corrected chi connectivity index (χ1v) is 7.24. The monoisotopic (exact) mass is 299 g/mol. The molecule has 1 aromatic heterocycles. The smallest absolute Gasteiger partial charge is 0.329 e. The van der Waals surface area contributed by atoms with Gasteiger partial charge < -0.3 is 10.1 Å². The van der Waals surface area contributed by atoms with E-state index in [2.05, 4.69) is 15.3 Å². The highest BCUT2D eigenvalue weighted by Crippen LogP contribution is 2.13. The lowest BCUT2D eigenvalue weighted by Crippen LogP contribution is -2.38. The maximum atomic E-state index is 12.4. The van der Waals surface area contributed by atoms with Crippen molar-refractivity contribution in [3.8, 4) is 0 Å². The van der Waals surface area contributed by atoms with Crippen LogP contribution >= 0.6 is 0 Å². The second-order valence-electron chi connectivity index (χ2n) is 5.99. The van der Waals surface area contributed by atoms with Crippen molar-refractivity contribution in [1.82, 2.24) is 9.97 Å². The van der Waals surface area contributed by atoms with Crippen LogP contribution in [0.15, 0.2) is 48.8 Å². The molecule has 0 saturated carbocycles. The third-order valence-electron chi connectivity index (χ3n) is 2.84. The SMILES string of the molecule is CC(C)(C)OC(=O)[C@H](Cc1ccccc1)Nc1ncccn1. The Balaban J connectivity index is 2.14. The van der Waals surface area contributed by atoms with Crippen LogP contribution in [-0.2, 0) is 16.0 Å². The van der Waals surface area contributed by atoms with E-state index in [1.54, 1.807) is 18.5 Å². The number of anilines is 1. The molecule has 0 unspecified atom stereocenters. The minimum atomic E-state index is -0.538. The molecule has 116 valence electrons. The van der Waals surface area contributed by atoms with Gasteiger partial charge in [0.05, 0.1) is 0 Å². The number of carbonyl (C=O) groups is 1. The number of benzene rings is 1. The number of ether oxygens (including phenoxy) is 1. The van der Waals surface area contributed by atoms with Crippen molar-refractivity contribution in [3.63, 3.8) is 0 Å². The first-order chi connectivity index (χ1) is 10.4. The molecule has 2 rings (SSSR count). The summed E-state index contributed by atoms with van der Waals surface area (Å²) in [6.07, 6.45) is 3.77. The molecule has 0 bridgehead atoms. The van der Waals surface area contributed by atoms with Crippen LogP contribution in [0.3, 0.4) is 0 Å². The van der Waals surface area contributed by atoms with Crippen LogP contribution in [0.2, 0.25) is 0 Å². The van der Waals surface area contributed by atoms with E-state index in [0.717, 1.165) is 5.56 Å². The molecule has 0 aliphatic heterocycles. The molecule has 0 amide bonds. The summed E-state index contributed by atoms with van der Waals surface area (Å²) < 4.78 is 5.49. The first-order valence-electron chi connectivity index (χ1n) is 7.24. The minimum absolute atomic E-state index is 0.316. The summed E-state index contributed by atoms with van der Waals surface area (Å²) in [6, 6.07) is 11.0. The Morgan fingerprint density at radius 2 is 1.77 bits per heavy atom. The van der Waals surface area contributed by atoms with Gasteiger partial charge in [0.1, 0.15) is 11.6 Å². The van der Waals surface area contributed by atoms with Gasteiger partial charge in [-0.1, -0.05) is 30.3 Å². The zero-order chi connectivity index (χ0) is 16.0. The maximum Gasteiger partial charge on any atom is 0.329 e. The molecule has 22 heavy (non-hydrogen) atoms. The summed E-state index contributed by atoms with van der Waals surface area (Å²) in [7, 11) is 0. The molecule has 0 radical (unpaired) electrons. The molecule has 5 nitrogen and oxygen atoms in total. The molecule has 1 heterocycles. The maximum absolute atomic E-state index is 12.4. The van der Waals surface area contributed by atoms with E-state index < -0.39 is 11.6 Å². The van der Waals surface area contributed by atoms with Crippen LogP contribution < -0.4 is 5.32 Å². The van der Waals surface area contributed by atoms with E-state index >= 15 is 0 Å². The molecular formula is C17H21N3O2. The molecule has 0 spiro atoms. The van der Waals surface area contributed by atoms with Crippen LogP contribution in [0.5, 0.6) is 0 Å². The van der Waals surface area contributed by atoms with E-state index in [-0.39, 0.29) is 5.97 Å². The van der Waals surface area contributed by atoms with Gasteiger partial charge in [-0.3, -0.25) is 0 Å². The van der Waals surface area contributed by atoms with Gasteiger partial charge in [-0.15, -0.1) is 0 Å². The zero-order valence-corrected chi connectivity index (χ0v) is 13.1. The molecule has 2 aromatic rings. The van der Waals surface area contributed by atoms with Gasteiger partial charge in [-0.25, -0.2) is 14.8 Å². The molecule has 0 fully saturated rings. The normalized spacial score (nSPS) is 12.5. The molecule has 1 aromatic carbocycles. The van der Waals surface area contributed by atoms with Crippen molar-refractivity contribution in [2.45, 2.75) is 38.8 Å². The van der Waals surface area contributed by atoms with Gasteiger partial charge in [-0.05, 0) is 32.4 Å². The lowest BCUT2D eigenvalue weighted by molar-refractivity contribution is -0.155. The quantitative estimate of drug-likeness (QED) is 0.860. The number of hydrogen-bond donors (Lipinski definition) is 1. The fourth-order valence-corrected chi connectivity index (χ4v) is 1.95. The number of esters is 1. The Morgan fingerprint density at radius 1 is 1.14 bits per heavy atom. The second kappa shape index (κ2) is 7.02. The van der Waals surface area contributed by atoms with Crippen molar-refractivity contribution in [3.05, 3.63) is 54.4 Å². The van der Waals surface area contributed by atoms with Gasteiger partial charge in [0, 0.05) is 18.8 Å². The summed E-state index contributed by atoms with van der Waals surface area (Å²) in [5, 5.41) is 3.05. The Labute approximate surface area is 130 Å². The summed E-state index contributed by atoms with van der Waals surface area (Å²) in [6.45, 7) is 5.55. The Hall–Kier alpha value is -2.43. The van der Waals surface area contributed by atoms with Crippen molar-refractivity contribution in [2.24, 2.45) is 0 Å². The largest absolute Gasteiger partial charge is 0.458 e. The topological polar surface area (TPSA) is 64.1 Å². The number of aromatic nitrogens is 2. The molecule has 0 saturated heterocycles. The molecule has 0 aliphatic rings. The van der Waals surface area contributed by atoms with Crippen LogP contribution in [0, 0.1) is 0 Å². The average Bonchev–Trinajstić information content (AvgIpc) is 2.47. The van der Waals surface area contributed by atoms with Crippen LogP contribution in [-0.4, -0.2) is 27.6 Å².